The van der Waals surface area contributed by atoms with Gasteiger partial charge in [0, 0.05) is 172 Å². The van der Waals surface area contributed by atoms with Crippen molar-refractivity contribution in [1.29, 1.82) is 0 Å². The van der Waals surface area contributed by atoms with Gasteiger partial charge in [-0.15, -0.1) is 6.42 Å². The van der Waals surface area contributed by atoms with E-state index < -0.39 is 11.8 Å². The molecule has 0 aromatic heterocycles. The van der Waals surface area contributed by atoms with E-state index >= 15 is 0 Å². The van der Waals surface area contributed by atoms with Crippen LogP contribution in [0.3, 0.4) is 0 Å². The van der Waals surface area contributed by atoms with Crippen LogP contribution in [0.5, 0.6) is 0 Å². The van der Waals surface area contributed by atoms with Gasteiger partial charge in [-0.1, -0.05) is 0 Å². The second kappa shape index (κ2) is 24.6. The van der Waals surface area contributed by atoms with Gasteiger partial charge in [-0.25, -0.2) is 0 Å². The molecule has 3 nitrogen and oxygen atoms in total. The molecule has 180 valence electrons. The van der Waals surface area contributed by atoms with E-state index in [1.807, 2.05) is 0 Å². The maximum absolute atomic E-state index is 11.3. The maximum atomic E-state index is 11.3. The molecule has 43 heavy (non-hydrogen) atoms. The van der Waals surface area contributed by atoms with Gasteiger partial charge in [0.15, 0.2) is 0 Å². The summed E-state index contributed by atoms with van der Waals surface area (Å²) in [6, 6.07) is 2.31. The molecule has 0 radical (unpaired) electrons. The van der Waals surface area contributed by atoms with Gasteiger partial charge in [0.2, 0.25) is 0 Å². The third-order valence-corrected chi connectivity index (χ3v) is 3.05. The Labute approximate surface area is 251 Å². The molecule has 1 heterocycles. The molecule has 0 aromatic rings. The second-order valence-electron chi connectivity index (χ2n) is 5.73. The van der Waals surface area contributed by atoms with E-state index in [4.69, 9.17) is 6.42 Å². The zero-order valence-corrected chi connectivity index (χ0v) is 21.5. The molecule has 0 atom stereocenters. The number of rotatable bonds is 0. The van der Waals surface area contributed by atoms with Gasteiger partial charge < -0.3 is 0 Å². The van der Waals surface area contributed by atoms with Crippen LogP contribution in [0.4, 0.5) is 0 Å². The van der Waals surface area contributed by atoms with Crippen molar-refractivity contribution >= 4 is 11.8 Å². The van der Waals surface area contributed by atoms with Crippen molar-refractivity contribution in [2.75, 3.05) is 0 Å². The van der Waals surface area contributed by atoms with Crippen LogP contribution in [0.2, 0.25) is 0 Å². The van der Waals surface area contributed by atoms with Gasteiger partial charge in [0.05, 0.1) is 0 Å². The van der Waals surface area contributed by atoms with Crippen LogP contribution in [0.15, 0.2) is 12.2 Å². The van der Waals surface area contributed by atoms with Gasteiger partial charge in [-0.3, -0.25) is 9.59 Å². The molecule has 0 aliphatic carbocycles. The van der Waals surface area contributed by atoms with E-state index in [-0.39, 0.29) is 0 Å². The molecule has 0 aromatic carbocycles. The zero-order valence-electron chi connectivity index (χ0n) is 21.5. The molecule has 3 heteroatoms. The summed E-state index contributed by atoms with van der Waals surface area (Å²) in [6.07, 6.45) is 7.17. The maximum Gasteiger partial charge on any atom is 0.265 e. The number of amides is 2. The lowest BCUT2D eigenvalue weighted by atomic mass is 10.4. The Bertz CT molecular complexity index is 2420. The first kappa shape index (κ1) is 32.0. The minimum Gasteiger partial charge on any atom is -0.268 e. The van der Waals surface area contributed by atoms with Gasteiger partial charge in [-0.2, -0.15) is 4.90 Å². The average molecular weight is 529 g/mol. The molecule has 0 saturated heterocycles. The van der Waals surface area contributed by atoms with E-state index in [9.17, 15) is 9.59 Å². The first-order valence-corrected chi connectivity index (χ1v) is 10.8. The van der Waals surface area contributed by atoms with Crippen molar-refractivity contribution in [3.8, 4) is 214 Å². The number of hydrogen-bond donors (Lipinski definition) is 0. The van der Waals surface area contributed by atoms with Gasteiger partial charge in [0.25, 0.3) is 11.8 Å². The van der Waals surface area contributed by atoms with Crippen molar-refractivity contribution in [3.63, 3.8) is 0 Å². The molecule has 0 saturated carbocycles. The normalized spacial score (nSPS) is 6.63. The van der Waals surface area contributed by atoms with Gasteiger partial charge >= 0.3 is 0 Å². The molecule has 2 amide bonds. The third-order valence-electron chi connectivity index (χ3n) is 3.05. The van der Waals surface area contributed by atoms with Crippen LogP contribution in [0.1, 0.15) is 0 Å². The first-order valence-electron chi connectivity index (χ1n) is 10.8. The minimum absolute atomic E-state index is 0.512. The highest BCUT2D eigenvalue weighted by Gasteiger charge is 2.20. The Hall–Kier alpha value is -9.04. The van der Waals surface area contributed by atoms with E-state index in [0.717, 1.165) is 17.1 Å². The lowest BCUT2D eigenvalue weighted by molar-refractivity contribution is -0.132. The van der Waals surface area contributed by atoms with Crippen LogP contribution in [0.25, 0.3) is 0 Å². The molecular formula is C40H3NO2. The Kier molecular flexibility index (Phi) is 18.3. The molecule has 1 aliphatic rings. The van der Waals surface area contributed by atoms with E-state index in [2.05, 4.69) is 207 Å². The number of imide groups is 1. The Morgan fingerprint density at radius 1 is 0.326 bits per heavy atom. The van der Waals surface area contributed by atoms with Crippen molar-refractivity contribution in [3.05, 3.63) is 12.2 Å². The van der Waals surface area contributed by atoms with Crippen molar-refractivity contribution in [2.24, 2.45) is 0 Å². The van der Waals surface area contributed by atoms with E-state index in [0.29, 0.717) is 0 Å². The van der Waals surface area contributed by atoms with Crippen LogP contribution >= 0.6 is 0 Å². The molecule has 0 spiro atoms. The zero-order chi connectivity index (χ0) is 30.9. The molecule has 0 bridgehead atoms. The molecule has 1 aliphatic heterocycles. The van der Waals surface area contributed by atoms with Crippen molar-refractivity contribution < 1.29 is 9.59 Å². The standard InChI is InChI=1S/C40H3NO2/c1-2-3-4-5-6-7-8-9-10-11-12-13-14-15-16-17-18-19-20-21-22-23-24-25-26-27-28-29-30-31-32-33-34-35-38-41-39(42)36-37-40(41)43/h1,36-37H. The monoisotopic (exact) mass is 529 g/mol. The van der Waals surface area contributed by atoms with Crippen LogP contribution in [-0.2, 0) is 9.59 Å². The summed E-state index contributed by atoms with van der Waals surface area (Å²) in [5.74, 6) is 82.1. The Balaban J connectivity index is 2.40. The minimum atomic E-state index is -0.512. The SMILES string of the molecule is C#CC#CC#CC#CC#CC#CC#CC#CC#CC#CC#CC#CC#CC#CC#CC#CC#CC#CN1C(=O)C=CC1=O. The molecule has 0 fully saturated rings. The Morgan fingerprint density at radius 3 is 0.721 bits per heavy atom. The number of terminal acetylenes is 1. The number of nitrogens with zero attached hydrogens (tertiary/aromatic N) is 1. The lowest BCUT2D eigenvalue weighted by Crippen LogP contribution is -2.24. The summed E-state index contributed by atoms with van der Waals surface area (Å²) in [5, 5.41) is 0. The molecule has 0 N–H and O–H groups in total. The summed E-state index contributed by atoms with van der Waals surface area (Å²) in [5.41, 5.74) is 0. The van der Waals surface area contributed by atoms with Crippen LogP contribution in [0, 0.1) is 214 Å². The smallest absolute Gasteiger partial charge is 0.265 e. The van der Waals surface area contributed by atoms with Crippen molar-refractivity contribution in [2.45, 2.75) is 0 Å². The number of hydrogen-bond acceptors (Lipinski definition) is 2. The predicted molar refractivity (Wildman–Crippen MR) is 162 cm³/mol. The van der Waals surface area contributed by atoms with Crippen LogP contribution < -0.4 is 0 Å². The van der Waals surface area contributed by atoms with Crippen molar-refractivity contribution in [1.82, 2.24) is 4.90 Å². The third kappa shape index (κ3) is 19.8. The fraction of sp³-hybridized carbons (Fsp3) is 0. The number of carbonyl (C=O) groups excluding carboxylic acids is 2. The number of carbonyl (C=O) groups is 2. The fourth-order valence-corrected chi connectivity index (χ4v) is 1.60. The summed E-state index contributed by atoms with van der Waals surface area (Å²) < 4.78 is 0. The van der Waals surface area contributed by atoms with E-state index in [1.54, 1.807) is 0 Å². The Morgan fingerprint density at radius 2 is 0.512 bits per heavy atom. The summed E-state index contributed by atoms with van der Waals surface area (Å²) in [4.78, 5) is 23.3. The highest BCUT2D eigenvalue weighted by molar-refractivity contribution is 6.14. The molecule has 0 unspecified atom stereocenters. The topological polar surface area (TPSA) is 37.4 Å². The quantitative estimate of drug-likeness (QED) is 0.316. The largest absolute Gasteiger partial charge is 0.268 e. The van der Waals surface area contributed by atoms with Gasteiger partial charge in [-0.05, 0) is 47.4 Å². The molecular weight excluding hydrogens is 526 g/mol. The highest BCUT2D eigenvalue weighted by atomic mass is 16.2. The second-order valence-corrected chi connectivity index (χ2v) is 5.73. The summed E-state index contributed by atoms with van der Waals surface area (Å²) >= 11 is 0. The summed E-state index contributed by atoms with van der Waals surface area (Å²) in [6.45, 7) is 0. The fourth-order valence-electron chi connectivity index (χ4n) is 1.60. The lowest BCUT2D eigenvalue weighted by Gasteiger charge is -2.00. The van der Waals surface area contributed by atoms with Crippen LogP contribution in [-0.4, -0.2) is 16.7 Å². The average Bonchev–Trinajstić information content (AvgIpc) is 3.33. The molecule has 1 rings (SSSR count). The first-order chi connectivity index (χ1) is 21.3. The highest BCUT2D eigenvalue weighted by Crippen LogP contribution is 2.00. The van der Waals surface area contributed by atoms with E-state index in [1.165, 1.54) is 0 Å². The van der Waals surface area contributed by atoms with Gasteiger partial charge in [0.1, 0.15) is 0 Å². The predicted octanol–water partition coefficient (Wildman–Crippen LogP) is -0.440. The summed E-state index contributed by atoms with van der Waals surface area (Å²) in [7, 11) is 0.